The lowest BCUT2D eigenvalue weighted by Crippen LogP contribution is -2.26. The summed E-state index contributed by atoms with van der Waals surface area (Å²) >= 11 is 0. The van der Waals surface area contributed by atoms with Crippen molar-refractivity contribution in [3.63, 3.8) is 0 Å². The first kappa shape index (κ1) is 32.8. The van der Waals surface area contributed by atoms with E-state index in [9.17, 15) is 0 Å². The number of aliphatic hydroxyl groups excluding tert-OH is 1. The molecule has 158 valence electrons. The van der Waals surface area contributed by atoms with Crippen molar-refractivity contribution in [1.82, 2.24) is 4.90 Å². The predicted octanol–water partition coefficient (Wildman–Crippen LogP) is 7.88. The summed E-state index contributed by atoms with van der Waals surface area (Å²) in [4.78, 5) is 2.30. The third-order valence-electron chi connectivity index (χ3n) is 3.47. The highest BCUT2D eigenvalue weighted by molar-refractivity contribution is 5.81. The van der Waals surface area contributed by atoms with Crippen LogP contribution in [0.2, 0.25) is 0 Å². The van der Waals surface area contributed by atoms with E-state index in [-0.39, 0.29) is 0 Å². The Labute approximate surface area is 171 Å². The van der Waals surface area contributed by atoms with Crippen molar-refractivity contribution in [3.05, 3.63) is 65.9 Å². The largest absolute Gasteiger partial charge is 0.400 e. The second kappa shape index (κ2) is 24.2. The monoisotopic (exact) mass is 377 g/mol. The Balaban J connectivity index is -0.000000230. The number of hydrogen-bond donors (Lipinski definition) is 1. The second-order valence-electron chi connectivity index (χ2n) is 4.38. The average Bonchev–Trinajstić information content (AvgIpc) is 2.79. The van der Waals surface area contributed by atoms with Crippen molar-refractivity contribution < 1.29 is 5.11 Å². The lowest BCUT2D eigenvalue weighted by Gasteiger charge is -2.36. The molecule has 1 atom stereocenters. The minimum Gasteiger partial charge on any atom is -0.400 e. The van der Waals surface area contributed by atoms with Crippen LogP contribution in [0, 0.1) is 0 Å². The zero-order valence-electron chi connectivity index (χ0n) is 20.2. The first-order chi connectivity index (χ1) is 13.2. The molecular weight excluding hydrogens is 330 g/mol. The summed E-state index contributed by atoms with van der Waals surface area (Å²) in [5.74, 6) is 0. The SMILES string of the molecule is C=CC1=C(/C=C\C)N(C)C(C)c2ccccc21.CC.CC.CC.CC.CO. The molecule has 0 amide bonds. The minimum absolute atomic E-state index is 0.404. The zero-order valence-corrected chi connectivity index (χ0v) is 20.2. The normalized spacial score (nSPS) is 13.5. The van der Waals surface area contributed by atoms with E-state index in [1.165, 1.54) is 22.4 Å². The summed E-state index contributed by atoms with van der Waals surface area (Å²) < 4.78 is 0. The van der Waals surface area contributed by atoms with Crippen molar-refractivity contribution in [2.24, 2.45) is 0 Å². The number of fused-ring (bicyclic) bond motifs is 1. The van der Waals surface area contributed by atoms with E-state index < -0.39 is 0 Å². The number of benzene rings is 1. The van der Waals surface area contributed by atoms with Crippen LogP contribution in [0.3, 0.4) is 0 Å². The molecule has 1 aromatic rings. The van der Waals surface area contributed by atoms with E-state index in [0.29, 0.717) is 6.04 Å². The molecular formula is C25H47NO. The van der Waals surface area contributed by atoms with Crippen molar-refractivity contribution in [3.8, 4) is 0 Å². The molecule has 2 rings (SSSR count). The maximum atomic E-state index is 7.00. The third-order valence-corrected chi connectivity index (χ3v) is 3.47. The molecule has 1 unspecified atom stereocenters. The maximum Gasteiger partial charge on any atom is 0.0517 e. The molecule has 1 N–H and O–H groups in total. The number of nitrogens with zero attached hydrogens (tertiary/aromatic N) is 1. The summed E-state index contributed by atoms with van der Waals surface area (Å²) in [5.41, 5.74) is 5.15. The molecule has 0 bridgehead atoms. The molecule has 2 heteroatoms. The Morgan fingerprint density at radius 2 is 1.37 bits per heavy atom. The molecule has 1 aliphatic heterocycles. The Hall–Kier alpha value is -1.80. The third kappa shape index (κ3) is 10.2. The van der Waals surface area contributed by atoms with E-state index in [0.717, 1.165) is 7.11 Å². The van der Waals surface area contributed by atoms with Crippen LogP contribution in [-0.2, 0) is 0 Å². The number of hydrogen-bond acceptors (Lipinski definition) is 2. The highest BCUT2D eigenvalue weighted by Gasteiger charge is 2.24. The quantitative estimate of drug-likeness (QED) is 0.566. The fraction of sp³-hybridized carbons (Fsp3) is 0.520. The van der Waals surface area contributed by atoms with Crippen molar-refractivity contribution in [2.75, 3.05) is 14.2 Å². The highest BCUT2D eigenvalue weighted by atomic mass is 16.2. The van der Waals surface area contributed by atoms with Crippen molar-refractivity contribution in [2.45, 2.75) is 75.3 Å². The fourth-order valence-corrected chi connectivity index (χ4v) is 2.43. The summed E-state index contributed by atoms with van der Waals surface area (Å²) in [7, 11) is 3.14. The van der Waals surface area contributed by atoms with Gasteiger partial charge >= 0.3 is 0 Å². The Morgan fingerprint density at radius 3 is 1.78 bits per heavy atom. The molecule has 1 heterocycles. The van der Waals surface area contributed by atoms with Gasteiger partial charge in [0.15, 0.2) is 0 Å². The van der Waals surface area contributed by atoms with Crippen LogP contribution in [0.25, 0.3) is 5.57 Å². The highest BCUT2D eigenvalue weighted by Crippen LogP contribution is 2.38. The van der Waals surface area contributed by atoms with E-state index in [4.69, 9.17) is 5.11 Å². The number of likely N-dealkylation sites (N-methyl/N-ethyl adjacent to an activating group) is 1. The molecule has 0 saturated heterocycles. The molecule has 0 fully saturated rings. The molecule has 2 nitrogen and oxygen atoms in total. The molecule has 0 radical (unpaired) electrons. The van der Waals surface area contributed by atoms with E-state index in [1.807, 2.05) is 68.4 Å². The van der Waals surface area contributed by atoms with Crippen LogP contribution >= 0.6 is 0 Å². The topological polar surface area (TPSA) is 23.5 Å². The van der Waals surface area contributed by atoms with Gasteiger partial charge in [-0.2, -0.15) is 0 Å². The van der Waals surface area contributed by atoms with Gasteiger partial charge in [-0.15, -0.1) is 0 Å². The Kier molecular flexibility index (Phi) is 29.4. The van der Waals surface area contributed by atoms with Crippen LogP contribution in [0.1, 0.15) is 86.4 Å². The lowest BCUT2D eigenvalue weighted by molar-refractivity contribution is 0.336. The maximum absolute atomic E-state index is 7.00. The number of rotatable bonds is 2. The minimum atomic E-state index is 0.404. The van der Waals surface area contributed by atoms with Crippen molar-refractivity contribution in [1.29, 1.82) is 0 Å². The first-order valence-corrected chi connectivity index (χ1v) is 10.5. The van der Waals surface area contributed by atoms with Crippen molar-refractivity contribution >= 4 is 5.57 Å². The van der Waals surface area contributed by atoms with Crippen LogP contribution in [0.4, 0.5) is 0 Å². The van der Waals surface area contributed by atoms with E-state index in [1.54, 1.807) is 0 Å². The van der Waals surface area contributed by atoms with Crippen LogP contribution in [-0.4, -0.2) is 24.2 Å². The predicted molar refractivity (Wildman–Crippen MR) is 128 cm³/mol. The first-order valence-electron chi connectivity index (χ1n) is 10.5. The van der Waals surface area contributed by atoms with Gasteiger partial charge in [-0.1, -0.05) is 98.4 Å². The second-order valence-corrected chi connectivity index (χ2v) is 4.38. The number of aliphatic hydroxyl groups is 1. The summed E-state index contributed by atoms with van der Waals surface area (Å²) in [6.45, 7) is 24.2. The summed E-state index contributed by atoms with van der Waals surface area (Å²) in [5, 5.41) is 7.00. The Bertz CT molecular complexity index is 501. The van der Waals surface area contributed by atoms with Gasteiger partial charge in [-0.25, -0.2) is 0 Å². The zero-order chi connectivity index (χ0) is 22.4. The summed E-state index contributed by atoms with van der Waals surface area (Å²) in [6.07, 6.45) is 6.19. The molecule has 1 aliphatic rings. The fourth-order valence-electron chi connectivity index (χ4n) is 2.43. The Morgan fingerprint density at radius 1 is 0.926 bits per heavy atom. The lowest BCUT2D eigenvalue weighted by atomic mass is 9.89. The van der Waals surface area contributed by atoms with Gasteiger partial charge in [-0.05, 0) is 31.1 Å². The summed E-state index contributed by atoms with van der Waals surface area (Å²) in [6, 6.07) is 8.98. The molecule has 1 aromatic carbocycles. The van der Waals surface area contributed by atoms with E-state index in [2.05, 4.69) is 61.9 Å². The van der Waals surface area contributed by atoms with Gasteiger partial charge < -0.3 is 10.0 Å². The van der Waals surface area contributed by atoms with Gasteiger partial charge in [0.25, 0.3) is 0 Å². The number of allylic oxidation sites excluding steroid dienone is 4. The molecule has 27 heavy (non-hydrogen) atoms. The molecule has 0 spiro atoms. The smallest absolute Gasteiger partial charge is 0.0517 e. The van der Waals surface area contributed by atoms with E-state index >= 15 is 0 Å². The van der Waals surface area contributed by atoms with Gasteiger partial charge in [0.1, 0.15) is 0 Å². The standard InChI is InChI=1S/C16H19N.4C2H6.CH4O/c1-5-9-16-13(6-2)15-11-8-7-10-14(15)12(3)17(16)4;5*1-2/h5-12H,2H2,1,3-4H3;4*1-2H3;2H,1H3/b9-5-;;;;;. The van der Waals surface area contributed by atoms with Crippen LogP contribution in [0.15, 0.2) is 54.8 Å². The molecule has 0 aromatic heterocycles. The van der Waals surface area contributed by atoms with Crippen LogP contribution in [0.5, 0.6) is 0 Å². The van der Waals surface area contributed by atoms with Gasteiger partial charge in [0, 0.05) is 25.4 Å². The average molecular weight is 378 g/mol. The van der Waals surface area contributed by atoms with Gasteiger partial charge in [-0.3, -0.25) is 0 Å². The van der Waals surface area contributed by atoms with Gasteiger partial charge in [0.2, 0.25) is 0 Å². The van der Waals surface area contributed by atoms with Crippen LogP contribution < -0.4 is 0 Å². The molecule has 0 saturated carbocycles. The van der Waals surface area contributed by atoms with Gasteiger partial charge in [0.05, 0.1) is 6.04 Å². The molecule has 0 aliphatic carbocycles.